The summed E-state index contributed by atoms with van der Waals surface area (Å²) in [5.41, 5.74) is -0.0991. The smallest absolute Gasteiger partial charge is 0.352 e. The van der Waals surface area contributed by atoms with Crippen molar-refractivity contribution >= 4 is 17.5 Å². The van der Waals surface area contributed by atoms with Crippen LogP contribution in [0.1, 0.15) is 30.3 Å². The SMILES string of the molecule is CCn1cc(CNC(=O)CCn2nc(C(F)(F)F)c(Cl)c2C)cn1. The normalized spacial score (nSPS) is 11.8. The number of nitrogens with zero attached hydrogens (tertiary/aromatic N) is 4. The van der Waals surface area contributed by atoms with Crippen LogP contribution in [0.5, 0.6) is 0 Å². The van der Waals surface area contributed by atoms with E-state index in [9.17, 15) is 18.0 Å². The number of hydrogen-bond donors (Lipinski definition) is 1. The Hall–Kier alpha value is -2.03. The number of carbonyl (C=O) groups is 1. The van der Waals surface area contributed by atoms with Crippen molar-refractivity contribution in [2.24, 2.45) is 0 Å². The molecule has 0 unspecified atom stereocenters. The van der Waals surface area contributed by atoms with Gasteiger partial charge < -0.3 is 5.32 Å². The standard InChI is InChI=1S/C14H17ClF3N5O/c1-3-22-8-10(7-20-22)6-19-11(24)4-5-23-9(2)12(15)13(21-23)14(16,17)18/h7-8H,3-6H2,1-2H3,(H,19,24). The molecule has 2 rings (SSSR count). The van der Waals surface area contributed by atoms with Gasteiger partial charge in [0.05, 0.1) is 23.5 Å². The molecule has 1 amide bonds. The summed E-state index contributed by atoms with van der Waals surface area (Å²) >= 11 is 5.66. The van der Waals surface area contributed by atoms with E-state index in [4.69, 9.17) is 11.6 Å². The molecule has 6 nitrogen and oxygen atoms in total. The van der Waals surface area contributed by atoms with Gasteiger partial charge in [-0.25, -0.2) is 0 Å². The number of hydrogen-bond acceptors (Lipinski definition) is 3. The highest BCUT2D eigenvalue weighted by atomic mass is 35.5. The highest BCUT2D eigenvalue weighted by Gasteiger charge is 2.38. The molecule has 2 heterocycles. The Morgan fingerprint density at radius 1 is 1.42 bits per heavy atom. The van der Waals surface area contributed by atoms with E-state index in [0.717, 1.165) is 16.8 Å². The third-order valence-corrected chi connectivity index (χ3v) is 3.91. The Bertz CT molecular complexity index is 723. The maximum atomic E-state index is 12.7. The molecule has 0 spiro atoms. The van der Waals surface area contributed by atoms with E-state index in [2.05, 4.69) is 15.5 Å². The van der Waals surface area contributed by atoms with Gasteiger partial charge in [0.1, 0.15) is 0 Å². The summed E-state index contributed by atoms with van der Waals surface area (Å²) in [6.07, 6.45) is -1.16. The third kappa shape index (κ3) is 4.28. The molecule has 0 aromatic carbocycles. The first kappa shape index (κ1) is 18.3. The van der Waals surface area contributed by atoms with Crippen LogP contribution in [0, 0.1) is 6.92 Å². The molecule has 0 atom stereocenters. The van der Waals surface area contributed by atoms with E-state index in [0.29, 0.717) is 6.54 Å². The van der Waals surface area contributed by atoms with Crippen LogP contribution >= 0.6 is 11.6 Å². The fourth-order valence-corrected chi connectivity index (χ4v) is 2.33. The minimum absolute atomic E-state index is 0.00192. The van der Waals surface area contributed by atoms with Crippen molar-refractivity contribution in [1.29, 1.82) is 0 Å². The molecule has 0 fully saturated rings. The molecule has 2 aromatic heterocycles. The first-order valence-corrected chi connectivity index (χ1v) is 7.68. The maximum Gasteiger partial charge on any atom is 0.436 e. The Morgan fingerprint density at radius 2 is 2.12 bits per heavy atom. The molecule has 132 valence electrons. The number of aryl methyl sites for hydroxylation is 2. The van der Waals surface area contributed by atoms with Gasteiger partial charge in [-0.15, -0.1) is 0 Å². The van der Waals surface area contributed by atoms with Gasteiger partial charge >= 0.3 is 6.18 Å². The van der Waals surface area contributed by atoms with E-state index in [-0.39, 0.29) is 24.6 Å². The van der Waals surface area contributed by atoms with Crippen LogP contribution in [0.15, 0.2) is 12.4 Å². The second kappa shape index (κ2) is 7.25. The van der Waals surface area contributed by atoms with Gasteiger partial charge in [0.25, 0.3) is 0 Å². The van der Waals surface area contributed by atoms with Gasteiger partial charge in [0.15, 0.2) is 5.69 Å². The Labute approximate surface area is 141 Å². The second-order valence-electron chi connectivity index (χ2n) is 5.20. The maximum absolute atomic E-state index is 12.7. The van der Waals surface area contributed by atoms with Gasteiger partial charge in [-0.3, -0.25) is 14.2 Å². The average Bonchev–Trinajstić information content (AvgIpc) is 3.09. The fraction of sp³-hybridized carbons (Fsp3) is 0.500. The lowest BCUT2D eigenvalue weighted by Crippen LogP contribution is -2.24. The van der Waals surface area contributed by atoms with E-state index in [1.165, 1.54) is 6.92 Å². The summed E-state index contributed by atoms with van der Waals surface area (Å²) in [6, 6.07) is 0. The van der Waals surface area contributed by atoms with Crippen molar-refractivity contribution in [2.75, 3.05) is 0 Å². The van der Waals surface area contributed by atoms with Gasteiger partial charge in [-0.1, -0.05) is 11.6 Å². The molecule has 0 radical (unpaired) electrons. The molecule has 0 aliphatic rings. The minimum Gasteiger partial charge on any atom is -0.352 e. The van der Waals surface area contributed by atoms with Gasteiger partial charge in [0.2, 0.25) is 5.91 Å². The largest absolute Gasteiger partial charge is 0.436 e. The third-order valence-electron chi connectivity index (χ3n) is 3.45. The zero-order valence-electron chi connectivity index (χ0n) is 13.2. The van der Waals surface area contributed by atoms with E-state index < -0.39 is 16.9 Å². The Morgan fingerprint density at radius 3 is 2.67 bits per heavy atom. The van der Waals surface area contributed by atoms with Crippen LogP contribution < -0.4 is 5.32 Å². The molecular weight excluding hydrogens is 347 g/mol. The predicted molar refractivity (Wildman–Crippen MR) is 81.3 cm³/mol. The topological polar surface area (TPSA) is 64.7 Å². The number of carbonyl (C=O) groups excluding carboxylic acids is 1. The summed E-state index contributed by atoms with van der Waals surface area (Å²) < 4.78 is 41.0. The summed E-state index contributed by atoms with van der Waals surface area (Å²) in [5.74, 6) is -0.293. The molecular formula is C14H17ClF3N5O. The fourth-order valence-electron chi connectivity index (χ4n) is 2.09. The number of halogens is 4. The lowest BCUT2D eigenvalue weighted by Gasteiger charge is -2.06. The lowest BCUT2D eigenvalue weighted by molar-refractivity contribution is -0.141. The monoisotopic (exact) mass is 363 g/mol. The van der Waals surface area contributed by atoms with E-state index >= 15 is 0 Å². The van der Waals surface area contributed by atoms with Crippen LogP contribution in [0.25, 0.3) is 0 Å². The van der Waals surface area contributed by atoms with Crippen LogP contribution in [0.3, 0.4) is 0 Å². The van der Waals surface area contributed by atoms with Gasteiger partial charge in [0, 0.05) is 31.3 Å². The summed E-state index contributed by atoms with van der Waals surface area (Å²) in [5, 5.41) is 9.79. The molecule has 0 aliphatic heterocycles. The highest BCUT2D eigenvalue weighted by Crippen LogP contribution is 2.35. The molecule has 0 saturated heterocycles. The zero-order valence-corrected chi connectivity index (χ0v) is 13.9. The molecule has 10 heteroatoms. The first-order chi connectivity index (χ1) is 11.2. The number of amides is 1. The minimum atomic E-state index is -4.62. The second-order valence-corrected chi connectivity index (χ2v) is 5.58. The van der Waals surface area contributed by atoms with Crippen LogP contribution in [-0.4, -0.2) is 25.5 Å². The number of nitrogens with one attached hydrogen (secondary N) is 1. The van der Waals surface area contributed by atoms with Crippen molar-refractivity contribution in [1.82, 2.24) is 24.9 Å². The van der Waals surface area contributed by atoms with Gasteiger partial charge in [-0.05, 0) is 13.8 Å². The quantitative estimate of drug-likeness (QED) is 0.858. The molecule has 0 bridgehead atoms. The van der Waals surface area contributed by atoms with E-state index in [1.54, 1.807) is 10.9 Å². The van der Waals surface area contributed by atoms with Crippen molar-refractivity contribution in [3.8, 4) is 0 Å². The summed E-state index contributed by atoms with van der Waals surface area (Å²) in [7, 11) is 0. The van der Waals surface area contributed by atoms with E-state index in [1.807, 2.05) is 13.1 Å². The number of aromatic nitrogens is 4. The van der Waals surface area contributed by atoms with Crippen molar-refractivity contribution in [3.63, 3.8) is 0 Å². The van der Waals surface area contributed by atoms with Crippen molar-refractivity contribution in [3.05, 3.63) is 34.4 Å². The molecule has 24 heavy (non-hydrogen) atoms. The lowest BCUT2D eigenvalue weighted by atomic mass is 10.3. The Kier molecular flexibility index (Phi) is 5.53. The van der Waals surface area contributed by atoms with Crippen molar-refractivity contribution in [2.45, 2.75) is 46.1 Å². The Balaban J connectivity index is 1.90. The zero-order chi connectivity index (χ0) is 17.9. The highest BCUT2D eigenvalue weighted by molar-refractivity contribution is 6.31. The first-order valence-electron chi connectivity index (χ1n) is 7.30. The number of alkyl halides is 3. The summed E-state index contributed by atoms with van der Waals surface area (Å²) in [4.78, 5) is 11.8. The van der Waals surface area contributed by atoms with Crippen LogP contribution in [0.4, 0.5) is 13.2 Å². The molecule has 0 aliphatic carbocycles. The van der Waals surface area contributed by atoms with Crippen molar-refractivity contribution < 1.29 is 18.0 Å². The number of rotatable bonds is 6. The molecule has 2 aromatic rings. The van der Waals surface area contributed by atoms with Gasteiger partial charge in [-0.2, -0.15) is 23.4 Å². The predicted octanol–water partition coefficient (Wildman–Crippen LogP) is 2.79. The molecule has 0 saturated carbocycles. The average molecular weight is 364 g/mol. The molecule has 1 N–H and O–H groups in total. The summed E-state index contributed by atoms with van der Waals surface area (Å²) in [6.45, 7) is 4.44. The van der Waals surface area contributed by atoms with Crippen LogP contribution in [-0.2, 0) is 30.6 Å². The van der Waals surface area contributed by atoms with Crippen LogP contribution in [0.2, 0.25) is 5.02 Å².